The molecule has 2 heteroatoms. The Morgan fingerprint density at radius 3 is 1.89 bits per heavy atom. The average molecular weight is 252 g/mol. The van der Waals surface area contributed by atoms with Gasteiger partial charge in [0.25, 0.3) is 0 Å². The molecule has 19 heavy (non-hydrogen) atoms. The van der Waals surface area contributed by atoms with Crippen LogP contribution < -0.4 is 9.47 Å². The van der Waals surface area contributed by atoms with E-state index in [1.54, 1.807) is 14.2 Å². The maximum absolute atomic E-state index is 5.67. The quantitative estimate of drug-likeness (QED) is 0.632. The monoisotopic (exact) mass is 252 g/mol. The molecule has 0 bridgehead atoms. The maximum Gasteiger partial charge on any atom is 0.135 e. The van der Waals surface area contributed by atoms with E-state index in [1.807, 2.05) is 12.1 Å². The van der Waals surface area contributed by atoms with Crippen LogP contribution in [0.5, 0.6) is 11.5 Å². The van der Waals surface area contributed by atoms with E-state index in [4.69, 9.17) is 9.47 Å². The molecule has 3 rings (SSSR count). The number of hydrogen-bond donors (Lipinski definition) is 0. The number of hydrogen-bond acceptors (Lipinski definition) is 2. The van der Waals surface area contributed by atoms with Gasteiger partial charge in [0.2, 0.25) is 0 Å². The zero-order valence-electron chi connectivity index (χ0n) is 11.4. The third-order valence-electron chi connectivity index (χ3n) is 3.57. The Labute approximate surface area is 112 Å². The zero-order valence-corrected chi connectivity index (χ0v) is 11.4. The molecule has 0 heterocycles. The summed E-state index contributed by atoms with van der Waals surface area (Å²) in [5.74, 6) is 1.83. The lowest BCUT2D eigenvalue weighted by Gasteiger charge is -2.16. The topological polar surface area (TPSA) is 18.5 Å². The van der Waals surface area contributed by atoms with Gasteiger partial charge in [0.05, 0.1) is 14.2 Å². The number of methoxy groups -OCH3 is 2. The van der Waals surface area contributed by atoms with Gasteiger partial charge in [-0.2, -0.15) is 0 Å². The summed E-state index contributed by atoms with van der Waals surface area (Å²) in [5, 5.41) is 4.39. The molecule has 0 aliphatic rings. The fourth-order valence-corrected chi connectivity index (χ4v) is 2.75. The highest BCUT2D eigenvalue weighted by Crippen LogP contribution is 2.43. The fraction of sp³-hybridized carbons (Fsp3) is 0.176. The molecule has 0 atom stereocenters. The molecule has 0 saturated heterocycles. The predicted octanol–water partition coefficient (Wildman–Crippen LogP) is 4.32. The van der Waals surface area contributed by atoms with E-state index in [0.29, 0.717) is 0 Å². The Hall–Kier alpha value is -2.22. The smallest absolute Gasteiger partial charge is 0.135 e. The first-order valence-corrected chi connectivity index (χ1v) is 6.30. The Morgan fingerprint density at radius 1 is 0.684 bits per heavy atom. The number of aryl methyl sites for hydroxylation is 1. The van der Waals surface area contributed by atoms with Gasteiger partial charge >= 0.3 is 0 Å². The lowest BCUT2D eigenvalue weighted by atomic mass is 9.97. The summed E-state index contributed by atoms with van der Waals surface area (Å²) in [6, 6.07) is 14.4. The summed E-state index contributed by atoms with van der Waals surface area (Å²) in [6.07, 6.45) is 0. The normalized spacial score (nSPS) is 10.9. The van der Waals surface area contributed by atoms with Crippen LogP contribution in [0.2, 0.25) is 0 Å². The second kappa shape index (κ2) is 4.47. The van der Waals surface area contributed by atoms with Crippen molar-refractivity contribution in [2.45, 2.75) is 6.92 Å². The largest absolute Gasteiger partial charge is 0.495 e. The number of rotatable bonds is 2. The lowest BCUT2D eigenvalue weighted by Crippen LogP contribution is -1.94. The van der Waals surface area contributed by atoms with Crippen LogP contribution in [0.25, 0.3) is 21.5 Å². The van der Waals surface area contributed by atoms with Crippen LogP contribution in [0.1, 0.15) is 5.56 Å². The van der Waals surface area contributed by atoms with Crippen LogP contribution in [0.15, 0.2) is 42.5 Å². The first-order chi connectivity index (χ1) is 9.27. The molecule has 0 amide bonds. The minimum Gasteiger partial charge on any atom is -0.495 e. The molecule has 0 spiro atoms. The molecule has 0 aliphatic heterocycles. The van der Waals surface area contributed by atoms with Gasteiger partial charge in [-0.25, -0.2) is 0 Å². The first-order valence-electron chi connectivity index (χ1n) is 6.30. The summed E-state index contributed by atoms with van der Waals surface area (Å²) < 4.78 is 11.3. The second-order valence-corrected chi connectivity index (χ2v) is 4.61. The number of benzene rings is 3. The zero-order chi connectivity index (χ0) is 13.4. The van der Waals surface area contributed by atoms with Crippen LogP contribution >= 0.6 is 0 Å². The van der Waals surface area contributed by atoms with Gasteiger partial charge in [-0.3, -0.25) is 0 Å². The van der Waals surface area contributed by atoms with Crippen molar-refractivity contribution in [3.63, 3.8) is 0 Å². The molecule has 0 aromatic heterocycles. The molecular weight excluding hydrogens is 236 g/mol. The van der Waals surface area contributed by atoms with Crippen molar-refractivity contribution in [1.82, 2.24) is 0 Å². The summed E-state index contributed by atoms with van der Waals surface area (Å²) in [4.78, 5) is 0. The Bertz CT molecular complexity index is 760. The summed E-state index contributed by atoms with van der Waals surface area (Å²) in [6.45, 7) is 2.10. The summed E-state index contributed by atoms with van der Waals surface area (Å²) in [7, 11) is 3.44. The van der Waals surface area contributed by atoms with E-state index < -0.39 is 0 Å². The van der Waals surface area contributed by atoms with Gasteiger partial charge in [-0.15, -0.1) is 0 Å². The van der Waals surface area contributed by atoms with Crippen molar-refractivity contribution in [1.29, 1.82) is 0 Å². The third kappa shape index (κ3) is 1.64. The third-order valence-corrected chi connectivity index (χ3v) is 3.57. The summed E-state index contributed by atoms with van der Waals surface area (Å²) >= 11 is 0. The molecular formula is C17H16O2. The van der Waals surface area contributed by atoms with Crippen molar-refractivity contribution in [3.05, 3.63) is 48.0 Å². The van der Waals surface area contributed by atoms with Crippen molar-refractivity contribution in [2.24, 2.45) is 0 Å². The van der Waals surface area contributed by atoms with Gasteiger partial charge in [0.1, 0.15) is 11.5 Å². The van der Waals surface area contributed by atoms with Crippen molar-refractivity contribution < 1.29 is 9.47 Å². The van der Waals surface area contributed by atoms with E-state index in [2.05, 4.69) is 37.3 Å². The van der Waals surface area contributed by atoms with E-state index in [1.165, 1.54) is 5.56 Å². The van der Waals surface area contributed by atoms with Gasteiger partial charge < -0.3 is 9.47 Å². The molecule has 0 radical (unpaired) electrons. The summed E-state index contributed by atoms with van der Waals surface area (Å²) in [5.41, 5.74) is 1.19. The lowest BCUT2D eigenvalue weighted by molar-refractivity contribution is 0.417. The predicted molar refractivity (Wildman–Crippen MR) is 79.3 cm³/mol. The van der Waals surface area contributed by atoms with E-state index >= 15 is 0 Å². The van der Waals surface area contributed by atoms with Crippen LogP contribution in [0, 0.1) is 6.92 Å². The van der Waals surface area contributed by atoms with Gasteiger partial charge in [0.15, 0.2) is 0 Å². The van der Waals surface area contributed by atoms with Crippen LogP contribution in [-0.2, 0) is 0 Å². The highest BCUT2D eigenvalue weighted by Gasteiger charge is 2.15. The van der Waals surface area contributed by atoms with Crippen molar-refractivity contribution in [3.8, 4) is 11.5 Å². The number of ether oxygens (including phenoxy) is 2. The molecule has 0 fully saturated rings. The van der Waals surface area contributed by atoms with E-state index in [0.717, 1.165) is 33.0 Å². The first kappa shape index (κ1) is 11.8. The molecule has 0 aliphatic carbocycles. The van der Waals surface area contributed by atoms with Crippen molar-refractivity contribution >= 4 is 21.5 Å². The molecule has 3 aromatic rings. The minimum atomic E-state index is 0.912. The average Bonchev–Trinajstić information content (AvgIpc) is 2.45. The highest BCUT2D eigenvalue weighted by molar-refractivity contribution is 6.12. The Kier molecular flexibility index (Phi) is 2.79. The standard InChI is InChI=1S/C17H16O2/c1-11-7-6-10-14-15(11)17(19-3)13-9-5-4-8-12(13)16(14)18-2/h4-10H,1-3H3. The van der Waals surface area contributed by atoms with E-state index in [-0.39, 0.29) is 0 Å². The van der Waals surface area contributed by atoms with Gasteiger partial charge in [-0.05, 0) is 12.5 Å². The van der Waals surface area contributed by atoms with Crippen LogP contribution in [-0.4, -0.2) is 14.2 Å². The Balaban J connectivity index is 2.65. The molecule has 2 nitrogen and oxygen atoms in total. The second-order valence-electron chi connectivity index (χ2n) is 4.61. The minimum absolute atomic E-state index is 0.912. The van der Waals surface area contributed by atoms with Crippen molar-refractivity contribution in [2.75, 3.05) is 14.2 Å². The highest BCUT2D eigenvalue weighted by atomic mass is 16.5. The fourth-order valence-electron chi connectivity index (χ4n) is 2.75. The van der Waals surface area contributed by atoms with Crippen LogP contribution in [0.4, 0.5) is 0 Å². The molecule has 0 N–H and O–H groups in total. The molecule has 0 saturated carbocycles. The molecule has 0 unspecified atom stereocenters. The van der Waals surface area contributed by atoms with Gasteiger partial charge in [0, 0.05) is 21.5 Å². The Morgan fingerprint density at radius 2 is 1.26 bits per heavy atom. The van der Waals surface area contributed by atoms with E-state index in [9.17, 15) is 0 Å². The van der Waals surface area contributed by atoms with Crippen LogP contribution in [0.3, 0.4) is 0 Å². The molecule has 3 aromatic carbocycles. The maximum atomic E-state index is 5.67. The molecule has 96 valence electrons. The van der Waals surface area contributed by atoms with Gasteiger partial charge in [-0.1, -0.05) is 42.5 Å². The number of fused-ring (bicyclic) bond motifs is 2. The SMILES string of the molecule is COc1c2ccccc2c(OC)c2c(C)cccc12.